The summed E-state index contributed by atoms with van der Waals surface area (Å²) in [4.78, 5) is 10.9. The lowest BCUT2D eigenvalue weighted by Crippen LogP contribution is -2.04. The molecular weight excluding hydrogens is 250 g/mol. The summed E-state index contributed by atoms with van der Waals surface area (Å²) in [6.07, 6.45) is 1.58. The molecule has 0 radical (unpaired) electrons. The molecule has 0 aliphatic rings. The van der Waals surface area contributed by atoms with Crippen LogP contribution in [0.1, 0.15) is 18.2 Å². The molecule has 0 bridgehead atoms. The average molecular weight is 267 g/mol. The highest BCUT2D eigenvalue weighted by Crippen LogP contribution is 2.31. The molecule has 0 saturated heterocycles. The lowest BCUT2D eigenvalue weighted by Gasteiger charge is -2.06. The summed E-state index contributed by atoms with van der Waals surface area (Å²) in [5.41, 5.74) is 0. The fraction of sp³-hybridized carbons (Fsp3) is 0.500. The van der Waals surface area contributed by atoms with Gasteiger partial charge in [0.2, 0.25) is 11.8 Å². The van der Waals surface area contributed by atoms with E-state index < -0.39 is 0 Å². The van der Waals surface area contributed by atoms with Crippen LogP contribution >= 0.6 is 11.3 Å². The maximum atomic E-state index is 8.78. The van der Waals surface area contributed by atoms with Crippen molar-refractivity contribution < 1.29 is 9.84 Å². The Morgan fingerprint density at radius 3 is 2.94 bits per heavy atom. The predicted octanol–water partition coefficient (Wildman–Crippen LogP) is 2.06. The van der Waals surface area contributed by atoms with Crippen molar-refractivity contribution in [3.63, 3.8) is 0 Å². The number of aliphatic hydroxyl groups is 1. The molecule has 6 heteroatoms. The van der Waals surface area contributed by atoms with Crippen molar-refractivity contribution in [1.29, 1.82) is 0 Å². The van der Waals surface area contributed by atoms with Crippen molar-refractivity contribution in [1.82, 2.24) is 9.97 Å². The fourth-order valence-electron chi connectivity index (χ4n) is 1.57. The summed E-state index contributed by atoms with van der Waals surface area (Å²) in [7, 11) is 1.78. The zero-order chi connectivity index (χ0) is 13.0. The number of hydrogen-bond acceptors (Lipinski definition) is 6. The van der Waals surface area contributed by atoms with Crippen LogP contribution in [-0.2, 0) is 6.42 Å². The number of thiophene rings is 1. The first kappa shape index (κ1) is 13.0. The molecule has 0 aliphatic heterocycles. The standard InChI is InChI=1S/C12H17N3O2S/c1-3-8-7-9-10(17-6-4-5-16)14-12(13-2)15-11(9)18-8/h7,16H,3-6H2,1-2H3,(H,13,14,15). The van der Waals surface area contributed by atoms with Crippen LogP contribution in [-0.4, -0.2) is 35.3 Å². The summed E-state index contributed by atoms with van der Waals surface area (Å²) in [6.45, 7) is 2.70. The summed E-state index contributed by atoms with van der Waals surface area (Å²) in [5, 5.41) is 12.7. The van der Waals surface area contributed by atoms with Gasteiger partial charge in [-0.15, -0.1) is 11.3 Å². The lowest BCUT2D eigenvalue weighted by molar-refractivity contribution is 0.231. The minimum Gasteiger partial charge on any atom is -0.477 e. The second kappa shape index (κ2) is 5.97. The number of nitrogens with one attached hydrogen (secondary N) is 1. The number of anilines is 1. The minimum atomic E-state index is 0.122. The number of nitrogens with zero attached hydrogens (tertiary/aromatic N) is 2. The van der Waals surface area contributed by atoms with Gasteiger partial charge in [-0.1, -0.05) is 6.92 Å². The van der Waals surface area contributed by atoms with Gasteiger partial charge in [-0.05, 0) is 12.5 Å². The second-order valence-corrected chi connectivity index (χ2v) is 4.93. The molecule has 2 N–H and O–H groups in total. The average Bonchev–Trinajstić information content (AvgIpc) is 2.81. The first-order valence-corrected chi connectivity index (χ1v) is 6.82. The van der Waals surface area contributed by atoms with E-state index in [4.69, 9.17) is 9.84 Å². The molecule has 2 heterocycles. The minimum absolute atomic E-state index is 0.122. The fourth-order valence-corrected chi connectivity index (χ4v) is 2.53. The van der Waals surface area contributed by atoms with Crippen molar-refractivity contribution >= 4 is 27.5 Å². The van der Waals surface area contributed by atoms with Crippen LogP contribution < -0.4 is 10.1 Å². The van der Waals surface area contributed by atoms with Crippen LogP contribution in [0.4, 0.5) is 5.95 Å². The van der Waals surface area contributed by atoms with E-state index in [1.54, 1.807) is 18.4 Å². The predicted molar refractivity (Wildman–Crippen MR) is 73.5 cm³/mol. The van der Waals surface area contributed by atoms with E-state index in [2.05, 4.69) is 28.3 Å². The number of aryl methyl sites for hydroxylation is 1. The van der Waals surface area contributed by atoms with E-state index in [0.717, 1.165) is 16.6 Å². The molecule has 0 aliphatic carbocycles. The van der Waals surface area contributed by atoms with E-state index in [1.165, 1.54) is 4.88 Å². The molecule has 0 atom stereocenters. The summed E-state index contributed by atoms with van der Waals surface area (Å²) in [5.74, 6) is 1.15. The van der Waals surface area contributed by atoms with Gasteiger partial charge < -0.3 is 15.2 Å². The van der Waals surface area contributed by atoms with Gasteiger partial charge in [0.15, 0.2) is 0 Å². The monoisotopic (exact) mass is 267 g/mol. The molecule has 5 nitrogen and oxygen atoms in total. The van der Waals surface area contributed by atoms with Gasteiger partial charge in [-0.3, -0.25) is 0 Å². The van der Waals surface area contributed by atoms with Crippen molar-refractivity contribution in [2.24, 2.45) is 0 Å². The molecule has 0 unspecified atom stereocenters. The van der Waals surface area contributed by atoms with Crippen LogP contribution in [0.3, 0.4) is 0 Å². The van der Waals surface area contributed by atoms with Crippen molar-refractivity contribution in [2.75, 3.05) is 25.6 Å². The van der Waals surface area contributed by atoms with E-state index in [1.807, 2.05) is 0 Å². The van der Waals surface area contributed by atoms with Gasteiger partial charge in [0.05, 0.1) is 12.0 Å². The SMILES string of the molecule is CCc1cc2c(OCCCO)nc(NC)nc2s1. The highest BCUT2D eigenvalue weighted by Gasteiger charge is 2.11. The molecule has 0 saturated carbocycles. The molecule has 2 aromatic rings. The Morgan fingerprint density at radius 1 is 1.44 bits per heavy atom. The molecule has 0 aromatic carbocycles. The highest BCUT2D eigenvalue weighted by molar-refractivity contribution is 7.18. The first-order chi connectivity index (χ1) is 8.78. The van der Waals surface area contributed by atoms with E-state index in [-0.39, 0.29) is 6.61 Å². The van der Waals surface area contributed by atoms with Gasteiger partial charge in [0, 0.05) is 25.0 Å². The highest BCUT2D eigenvalue weighted by atomic mass is 32.1. The Labute approximate surface area is 110 Å². The molecule has 0 amide bonds. The van der Waals surface area contributed by atoms with Gasteiger partial charge in [-0.2, -0.15) is 4.98 Å². The van der Waals surface area contributed by atoms with Gasteiger partial charge >= 0.3 is 0 Å². The number of rotatable bonds is 6. The van der Waals surface area contributed by atoms with Crippen LogP contribution in [0.5, 0.6) is 5.88 Å². The maximum absolute atomic E-state index is 8.78. The zero-order valence-corrected chi connectivity index (χ0v) is 11.4. The summed E-state index contributed by atoms with van der Waals surface area (Å²) >= 11 is 1.66. The zero-order valence-electron chi connectivity index (χ0n) is 10.6. The number of aromatic nitrogens is 2. The topological polar surface area (TPSA) is 67.3 Å². The van der Waals surface area contributed by atoms with Gasteiger partial charge in [0.1, 0.15) is 4.83 Å². The second-order valence-electron chi connectivity index (χ2n) is 3.81. The number of hydrogen-bond donors (Lipinski definition) is 2. The Morgan fingerprint density at radius 2 is 2.28 bits per heavy atom. The Kier molecular flexibility index (Phi) is 4.33. The maximum Gasteiger partial charge on any atom is 0.227 e. The Balaban J connectivity index is 2.37. The van der Waals surface area contributed by atoms with E-state index in [0.29, 0.717) is 24.9 Å². The molecule has 0 fully saturated rings. The van der Waals surface area contributed by atoms with E-state index >= 15 is 0 Å². The molecule has 2 rings (SSSR count). The Bertz CT molecular complexity index is 527. The van der Waals surface area contributed by atoms with Crippen LogP contribution in [0.15, 0.2) is 6.07 Å². The molecular formula is C12H17N3O2S. The summed E-state index contributed by atoms with van der Waals surface area (Å²) in [6, 6.07) is 2.08. The molecule has 0 spiro atoms. The number of aliphatic hydroxyl groups excluding tert-OH is 1. The third-order valence-electron chi connectivity index (χ3n) is 2.52. The molecule has 2 aromatic heterocycles. The van der Waals surface area contributed by atoms with Crippen molar-refractivity contribution in [3.05, 3.63) is 10.9 Å². The van der Waals surface area contributed by atoms with E-state index in [9.17, 15) is 0 Å². The third-order valence-corrected chi connectivity index (χ3v) is 3.70. The number of ether oxygens (including phenoxy) is 1. The number of fused-ring (bicyclic) bond motifs is 1. The van der Waals surface area contributed by atoms with Crippen molar-refractivity contribution in [3.8, 4) is 5.88 Å². The van der Waals surface area contributed by atoms with Gasteiger partial charge in [-0.25, -0.2) is 4.98 Å². The quantitative estimate of drug-likeness (QED) is 0.784. The normalized spacial score (nSPS) is 10.8. The molecule has 18 heavy (non-hydrogen) atoms. The van der Waals surface area contributed by atoms with Crippen LogP contribution in [0, 0.1) is 0 Å². The van der Waals surface area contributed by atoms with Crippen LogP contribution in [0.25, 0.3) is 10.2 Å². The van der Waals surface area contributed by atoms with Crippen LogP contribution in [0.2, 0.25) is 0 Å². The first-order valence-electron chi connectivity index (χ1n) is 6.00. The van der Waals surface area contributed by atoms with Gasteiger partial charge in [0.25, 0.3) is 0 Å². The Hall–Kier alpha value is -1.40. The lowest BCUT2D eigenvalue weighted by atomic mass is 10.3. The smallest absolute Gasteiger partial charge is 0.227 e. The molecule has 98 valence electrons. The largest absolute Gasteiger partial charge is 0.477 e. The third kappa shape index (κ3) is 2.70. The van der Waals surface area contributed by atoms with Crippen molar-refractivity contribution in [2.45, 2.75) is 19.8 Å². The summed E-state index contributed by atoms with van der Waals surface area (Å²) < 4.78 is 5.62.